The zero-order chi connectivity index (χ0) is 14.4. The van der Waals surface area contributed by atoms with Crippen LogP contribution in [0, 0.1) is 5.82 Å². The summed E-state index contributed by atoms with van der Waals surface area (Å²) in [6.07, 6.45) is 6.15. The number of nitrogens with zero attached hydrogens (tertiary/aromatic N) is 3. The molecule has 6 heteroatoms. The van der Waals surface area contributed by atoms with Crippen LogP contribution in [0.15, 0.2) is 30.9 Å². The fourth-order valence-electron chi connectivity index (χ4n) is 1.86. The third-order valence-electron chi connectivity index (χ3n) is 2.90. The van der Waals surface area contributed by atoms with Crippen LogP contribution in [-0.2, 0) is 4.79 Å². The van der Waals surface area contributed by atoms with Crippen LogP contribution in [0.1, 0.15) is 32.6 Å². The summed E-state index contributed by atoms with van der Waals surface area (Å²) in [4.78, 5) is 15.4. The van der Waals surface area contributed by atoms with Gasteiger partial charge in [-0.3, -0.25) is 4.79 Å². The van der Waals surface area contributed by atoms with E-state index in [1.165, 1.54) is 23.4 Å². The molecule has 1 aromatic carbocycles. The van der Waals surface area contributed by atoms with Crippen molar-refractivity contribution in [3.63, 3.8) is 0 Å². The largest absolute Gasteiger partial charge is 0.326 e. The molecule has 1 heterocycles. The lowest BCUT2D eigenvalue weighted by Gasteiger charge is -2.07. The summed E-state index contributed by atoms with van der Waals surface area (Å²) in [6, 6.07) is 4.50. The van der Waals surface area contributed by atoms with E-state index in [0.717, 1.165) is 19.3 Å². The van der Waals surface area contributed by atoms with Gasteiger partial charge in [0.2, 0.25) is 5.91 Å². The van der Waals surface area contributed by atoms with E-state index in [1.807, 2.05) is 0 Å². The van der Waals surface area contributed by atoms with E-state index >= 15 is 0 Å². The molecule has 5 nitrogen and oxygen atoms in total. The lowest BCUT2D eigenvalue weighted by Crippen LogP contribution is -2.11. The Morgan fingerprint density at radius 2 is 2.25 bits per heavy atom. The number of nitrogens with one attached hydrogen (secondary N) is 1. The molecule has 20 heavy (non-hydrogen) atoms. The molecule has 1 N–H and O–H groups in total. The highest BCUT2D eigenvalue weighted by Gasteiger charge is 2.08. The average Bonchev–Trinajstić information content (AvgIpc) is 2.93. The molecule has 106 valence electrons. The maximum atomic E-state index is 13.9. The number of carbonyl (C=O) groups excluding carboxylic acids is 1. The standard InChI is InChI=1S/C14H17FN4O/c1-2-3-4-5-14(20)18-11-6-7-13(12(15)8-11)19-10-16-9-17-19/h6-10H,2-5H2,1H3,(H,18,20). The predicted octanol–water partition coefficient (Wildman–Crippen LogP) is 2.93. The first kappa shape index (κ1) is 14.2. The molecular weight excluding hydrogens is 259 g/mol. The van der Waals surface area contributed by atoms with Crippen LogP contribution in [0.5, 0.6) is 0 Å². The Kier molecular flexibility index (Phi) is 4.81. The number of rotatable bonds is 6. The van der Waals surface area contributed by atoms with E-state index in [0.29, 0.717) is 17.8 Å². The lowest BCUT2D eigenvalue weighted by atomic mass is 10.2. The predicted molar refractivity (Wildman–Crippen MR) is 74.1 cm³/mol. The Labute approximate surface area is 116 Å². The topological polar surface area (TPSA) is 59.8 Å². The molecule has 0 spiro atoms. The third-order valence-corrected chi connectivity index (χ3v) is 2.90. The second-order valence-electron chi connectivity index (χ2n) is 4.51. The first-order chi connectivity index (χ1) is 9.70. The monoisotopic (exact) mass is 276 g/mol. The van der Waals surface area contributed by atoms with Crippen LogP contribution in [-0.4, -0.2) is 20.7 Å². The Hall–Kier alpha value is -2.24. The van der Waals surface area contributed by atoms with Gasteiger partial charge in [0.15, 0.2) is 5.82 Å². The minimum atomic E-state index is -0.457. The summed E-state index contributed by atoms with van der Waals surface area (Å²) in [5.74, 6) is -0.548. The van der Waals surface area contributed by atoms with Gasteiger partial charge in [-0.15, -0.1) is 0 Å². The Morgan fingerprint density at radius 3 is 2.90 bits per heavy atom. The lowest BCUT2D eigenvalue weighted by molar-refractivity contribution is -0.116. The number of carbonyl (C=O) groups is 1. The molecule has 2 rings (SSSR count). The van der Waals surface area contributed by atoms with E-state index in [2.05, 4.69) is 22.3 Å². The normalized spacial score (nSPS) is 10.5. The van der Waals surface area contributed by atoms with Crippen molar-refractivity contribution in [1.29, 1.82) is 0 Å². The van der Waals surface area contributed by atoms with Crippen molar-refractivity contribution in [3.05, 3.63) is 36.7 Å². The highest BCUT2D eigenvalue weighted by molar-refractivity contribution is 5.90. The molecule has 0 fully saturated rings. The minimum Gasteiger partial charge on any atom is -0.326 e. The van der Waals surface area contributed by atoms with Crippen molar-refractivity contribution in [2.75, 3.05) is 5.32 Å². The summed E-state index contributed by atoms with van der Waals surface area (Å²) in [7, 11) is 0. The molecule has 0 unspecified atom stereocenters. The molecule has 1 aromatic heterocycles. The van der Waals surface area contributed by atoms with Crippen molar-refractivity contribution < 1.29 is 9.18 Å². The molecule has 0 bridgehead atoms. The molecule has 0 aliphatic carbocycles. The maximum absolute atomic E-state index is 13.9. The number of hydrogen-bond acceptors (Lipinski definition) is 3. The summed E-state index contributed by atoms with van der Waals surface area (Å²) < 4.78 is 15.3. The Bertz CT molecular complexity index is 569. The molecule has 0 radical (unpaired) electrons. The molecule has 0 aliphatic rings. The molecule has 1 amide bonds. The van der Waals surface area contributed by atoms with Gasteiger partial charge in [-0.1, -0.05) is 19.8 Å². The van der Waals surface area contributed by atoms with Gasteiger partial charge in [-0.25, -0.2) is 14.1 Å². The summed E-state index contributed by atoms with van der Waals surface area (Å²) in [5.41, 5.74) is 0.749. The number of anilines is 1. The first-order valence-corrected chi connectivity index (χ1v) is 6.65. The number of halogens is 1. The summed E-state index contributed by atoms with van der Waals surface area (Å²) in [5, 5.41) is 6.56. The quantitative estimate of drug-likeness (QED) is 0.825. The van der Waals surface area contributed by atoms with Crippen molar-refractivity contribution in [2.45, 2.75) is 32.6 Å². The van der Waals surface area contributed by atoms with Gasteiger partial charge in [0.1, 0.15) is 18.3 Å². The van der Waals surface area contributed by atoms with Gasteiger partial charge >= 0.3 is 0 Å². The number of hydrogen-bond donors (Lipinski definition) is 1. The highest BCUT2D eigenvalue weighted by atomic mass is 19.1. The van der Waals surface area contributed by atoms with Crippen LogP contribution < -0.4 is 5.32 Å². The van der Waals surface area contributed by atoms with E-state index in [9.17, 15) is 9.18 Å². The fourth-order valence-corrected chi connectivity index (χ4v) is 1.86. The van der Waals surface area contributed by atoms with Crippen LogP contribution in [0.4, 0.5) is 10.1 Å². The van der Waals surface area contributed by atoms with Crippen molar-refractivity contribution in [3.8, 4) is 5.69 Å². The molecule has 0 saturated heterocycles. The average molecular weight is 276 g/mol. The molecule has 2 aromatic rings. The van der Waals surface area contributed by atoms with Crippen molar-refractivity contribution in [2.24, 2.45) is 0 Å². The van der Waals surface area contributed by atoms with Crippen LogP contribution >= 0.6 is 0 Å². The minimum absolute atomic E-state index is 0.0913. The van der Waals surface area contributed by atoms with Gasteiger partial charge in [0.05, 0.1) is 0 Å². The SMILES string of the molecule is CCCCCC(=O)Nc1ccc(-n2cncn2)c(F)c1. The van der Waals surface area contributed by atoms with Crippen LogP contribution in [0.25, 0.3) is 5.69 Å². The smallest absolute Gasteiger partial charge is 0.224 e. The van der Waals surface area contributed by atoms with E-state index in [1.54, 1.807) is 12.1 Å². The Morgan fingerprint density at radius 1 is 1.40 bits per heavy atom. The second kappa shape index (κ2) is 6.79. The maximum Gasteiger partial charge on any atom is 0.224 e. The van der Waals surface area contributed by atoms with Crippen molar-refractivity contribution in [1.82, 2.24) is 14.8 Å². The van der Waals surface area contributed by atoms with Crippen molar-refractivity contribution >= 4 is 11.6 Å². The van der Waals surface area contributed by atoms with E-state index in [4.69, 9.17) is 0 Å². The van der Waals surface area contributed by atoms with Gasteiger partial charge in [0, 0.05) is 12.1 Å². The van der Waals surface area contributed by atoms with Gasteiger partial charge < -0.3 is 5.32 Å². The van der Waals surface area contributed by atoms with E-state index in [-0.39, 0.29) is 5.91 Å². The fraction of sp³-hybridized carbons (Fsp3) is 0.357. The van der Waals surface area contributed by atoms with Gasteiger partial charge in [0.25, 0.3) is 0 Å². The number of amides is 1. The summed E-state index contributed by atoms with van der Waals surface area (Å²) in [6.45, 7) is 2.08. The highest BCUT2D eigenvalue weighted by Crippen LogP contribution is 2.17. The molecular formula is C14H17FN4O. The molecule has 0 atom stereocenters. The zero-order valence-electron chi connectivity index (χ0n) is 11.3. The third kappa shape index (κ3) is 3.63. The number of aromatic nitrogens is 3. The second-order valence-corrected chi connectivity index (χ2v) is 4.51. The van der Waals surface area contributed by atoms with Gasteiger partial charge in [-0.05, 0) is 24.6 Å². The van der Waals surface area contributed by atoms with Gasteiger partial charge in [-0.2, -0.15) is 5.10 Å². The van der Waals surface area contributed by atoms with Crippen LogP contribution in [0.3, 0.4) is 0 Å². The number of benzene rings is 1. The molecule has 0 saturated carbocycles. The zero-order valence-corrected chi connectivity index (χ0v) is 11.3. The molecule has 0 aliphatic heterocycles. The first-order valence-electron chi connectivity index (χ1n) is 6.65. The number of unbranched alkanes of at least 4 members (excludes halogenated alkanes) is 2. The van der Waals surface area contributed by atoms with Crippen LogP contribution in [0.2, 0.25) is 0 Å². The Balaban J connectivity index is 2.00. The summed E-state index contributed by atoms with van der Waals surface area (Å²) >= 11 is 0. The van der Waals surface area contributed by atoms with E-state index < -0.39 is 5.82 Å².